The number of nitrogens with one attached hydrogen (secondary N) is 1. The van der Waals surface area contributed by atoms with E-state index < -0.39 is 0 Å². The molecule has 88 valence electrons. The maximum atomic E-state index is 11.3. The molecule has 4 heteroatoms. The highest BCUT2D eigenvalue weighted by Crippen LogP contribution is 2.32. The average Bonchev–Trinajstić information content (AvgIpc) is 2.75. The van der Waals surface area contributed by atoms with Crippen LogP contribution in [0.15, 0.2) is 11.4 Å². The molecule has 1 aromatic heterocycles. The van der Waals surface area contributed by atoms with E-state index in [0.717, 1.165) is 6.42 Å². The molecule has 0 aromatic carbocycles. The summed E-state index contributed by atoms with van der Waals surface area (Å²) in [6.45, 7) is 2.60. The first-order valence-electron chi connectivity index (χ1n) is 5.76. The van der Waals surface area contributed by atoms with E-state index in [2.05, 4.69) is 16.8 Å². The minimum atomic E-state index is -0.162. The molecular formula is C12H17NO2S. The van der Waals surface area contributed by atoms with E-state index in [4.69, 9.17) is 4.74 Å². The van der Waals surface area contributed by atoms with Gasteiger partial charge in [-0.3, -0.25) is 10.1 Å². The number of carbonyl (C=O) groups is 1. The molecule has 1 N–H and O–H groups in total. The van der Waals surface area contributed by atoms with Gasteiger partial charge in [-0.05, 0) is 43.2 Å². The fourth-order valence-electron chi connectivity index (χ4n) is 2.12. The van der Waals surface area contributed by atoms with Gasteiger partial charge in [0.15, 0.2) is 0 Å². The van der Waals surface area contributed by atoms with Gasteiger partial charge in [-0.1, -0.05) is 0 Å². The van der Waals surface area contributed by atoms with E-state index in [-0.39, 0.29) is 5.97 Å². The molecule has 0 spiro atoms. The lowest BCUT2D eigenvalue weighted by Crippen LogP contribution is -2.30. The number of esters is 1. The highest BCUT2D eigenvalue weighted by Gasteiger charge is 2.21. The third-order valence-corrected chi connectivity index (χ3v) is 3.85. The molecule has 1 aliphatic rings. The van der Waals surface area contributed by atoms with Gasteiger partial charge in [0, 0.05) is 10.9 Å². The summed E-state index contributed by atoms with van der Waals surface area (Å²) in [5.74, 6) is -0.162. The van der Waals surface area contributed by atoms with Gasteiger partial charge < -0.3 is 4.74 Å². The second kappa shape index (κ2) is 5.46. The summed E-state index contributed by atoms with van der Waals surface area (Å²) >= 11 is 1.82. The van der Waals surface area contributed by atoms with Crippen LogP contribution in [0, 0.1) is 0 Å². The van der Waals surface area contributed by atoms with Crippen molar-refractivity contribution in [2.24, 2.45) is 0 Å². The maximum absolute atomic E-state index is 11.3. The molecule has 0 amide bonds. The Balaban J connectivity index is 1.90. The zero-order chi connectivity index (χ0) is 11.4. The normalized spacial score (nSPS) is 19.2. The average molecular weight is 239 g/mol. The lowest BCUT2D eigenvalue weighted by molar-refractivity contribution is -0.142. The molecule has 2 rings (SSSR count). The third-order valence-electron chi connectivity index (χ3n) is 2.85. The van der Waals surface area contributed by atoms with Crippen molar-refractivity contribution in [3.05, 3.63) is 21.9 Å². The van der Waals surface area contributed by atoms with Crippen molar-refractivity contribution in [3.8, 4) is 0 Å². The number of hydrogen-bond acceptors (Lipinski definition) is 4. The van der Waals surface area contributed by atoms with Crippen LogP contribution in [0.1, 0.15) is 36.2 Å². The summed E-state index contributed by atoms with van der Waals surface area (Å²) in [6, 6.07) is 2.50. The topological polar surface area (TPSA) is 38.3 Å². The van der Waals surface area contributed by atoms with Crippen LogP contribution in [0.4, 0.5) is 0 Å². The minimum Gasteiger partial charge on any atom is -0.465 e. The van der Waals surface area contributed by atoms with Crippen molar-refractivity contribution < 1.29 is 9.53 Å². The number of rotatable bonds is 4. The highest BCUT2D eigenvalue weighted by molar-refractivity contribution is 7.10. The molecule has 3 nitrogen and oxygen atoms in total. The smallest absolute Gasteiger partial charge is 0.319 e. The van der Waals surface area contributed by atoms with Gasteiger partial charge in [-0.25, -0.2) is 0 Å². The van der Waals surface area contributed by atoms with Gasteiger partial charge in [-0.2, -0.15) is 0 Å². The van der Waals surface area contributed by atoms with Gasteiger partial charge in [-0.15, -0.1) is 11.3 Å². The van der Waals surface area contributed by atoms with Crippen LogP contribution in [0.5, 0.6) is 0 Å². The van der Waals surface area contributed by atoms with E-state index >= 15 is 0 Å². The first-order chi connectivity index (χ1) is 7.81. The lowest BCUT2D eigenvalue weighted by atomic mass is 9.94. The Morgan fingerprint density at radius 2 is 2.56 bits per heavy atom. The highest BCUT2D eigenvalue weighted by atomic mass is 32.1. The largest absolute Gasteiger partial charge is 0.465 e. The fraction of sp³-hybridized carbons (Fsp3) is 0.583. The fourth-order valence-corrected chi connectivity index (χ4v) is 3.10. The van der Waals surface area contributed by atoms with Crippen molar-refractivity contribution in [2.45, 2.75) is 32.2 Å². The summed E-state index contributed by atoms with van der Waals surface area (Å²) in [5.41, 5.74) is 1.38. The molecule has 0 radical (unpaired) electrons. The molecule has 0 fully saturated rings. The van der Waals surface area contributed by atoms with E-state index in [1.807, 2.05) is 18.3 Å². The Bertz CT molecular complexity index is 362. The molecule has 1 unspecified atom stereocenters. The number of ether oxygens (including phenoxy) is 1. The summed E-state index contributed by atoms with van der Waals surface area (Å²) in [5, 5.41) is 5.41. The zero-order valence-corrected chi connectivity index (χ0v) is 10.3. The molecule has 16 heavy (non-hydrogen) atoms. The van der Waals surface area contributed by atoms with Crippen LogP contribution in [-0.4, -0.2) is 19.1 Å². The molecule has 0 aliphatic heterocycles. The number of thiophene rings is 1. The van der Waals surface area contributed by atoms with E-state index in [0.29, 0.717) is 19.2 Å². The first-order valence-corrected chi connectivity index (χ1v) is 6.64. The van der Waals surface area contributed by atoms with Crippen LogP contribution in [0.2, 0.25) is 0 Å². The standard InChI is InChI=1S/C12H17NO2S/c1-2-15-12(14)8-13-10-4-3-5-11-9(10)6-7-16-11/h6-7,10,13H,2-5,8H2,1H3. The number of hydrogen-bond donors (Lipinski definition) is 1. The lowest BCUT2D eigenvalue weighted by Gasteiger charge is -2.23. The molecule has 0 saturated heterocycles. The number of carbonyl (C=O) groups excluding carboxylic acids is 1. The molecule has 1 aromatic rings. The summed E-state index contributed by atoms with van der Waals surface area (Å²) in [4.78, 5) is 12.7. The van der Waals surface area contributed by atoms with Crippen LogP contribution in [0.3, 0.4) is 0 Å². The Hall–Kier alpha value is -0.870. The van der Waals surface area contributed by atoms with Crippen LogP contribution in [0.25, 0.3) is 0 Å². The predicted molar refractivity (Wildman–Crippen MR) is 64.6 cm³/mol. The van der Waals surface area contributed by atoms with Gasteiger partial charge in [0.25, 0.3) is 0 Å². The van der Waals surface area contributed by atoms with Crippen molar-refractivity contribution in [1.82, 2.24) is 5.32 Å². The van der Waals surface area contributed by atoms with E-state index in [1.54, 1.807) is 0 Å². The van der Waals surface area contributed by atoms with E-state index in [1.165, 1.54) is 23.3 Å². The Kier molecular flexibility index (Phi) is 3.96. The molecule has 0 bridgehead atoms. The van der Waals surface area contributed by atoms with Crippen molar-refractivity contribution in [2.75, 3.05) is 13.2 Å². The summed E-state index contributed by atoms with van der Waals surface area (Å²) < 4.78 is 4.90. The summed E-state index contributed by atoms with van der Waals surface area (Å²) in [7, 11) is 0. The number of fused-ring (bicyclic) bond motifs is 1. The molecule has 1 atom stereocenters. The minimum absolute atomic E-state index is 0.162. The molecular weight excluding hydrogens is 222 g/mol. The molecule has 0 saturated carbocycles. The second-order valence-corrected chi connectivity index (χ2v) is 4.93. The Labute approximate surface area is 99.8 Å². The SMILES string of the molecule is CCOC(=O)CNC1CCCc2sccc21. The first kappa shape index (κ1) is 11.6. The summed E-state index contributed by atoms with van der Waals surface area (Å²) in [6.07, 6.45) is 3.50. The second-order valence-electron chi connectivity index (χ2n) is 3.93. The van der Waals surface area contributed by atoms with Crippen molar-refractivity contribution >= 4 is 17.3 Å². The van der Waals surface area contributed by atoms with Crippen LogP contribution < -0.4 is 5.32 Å². The maximum Gasteiger partial charge on any atom is 0.319 e. The van der Waals surface area contributed by atoms with Crippen LogP contribution in [-0.2, 0) is 16.0 Å². The van der Waals surface area contributed by atoms with Gasteiger partial charge >= 0.3 is 5.97 Å². The predicted octanol–water partition coefficient (Wildman–Crippen LogP) is 2.28. The zero-order valence-electron chi connectivity index (χ0n) is 9.49. The van der Waals surface area contributed by atoms with Crippen molar-refractivity contribution in [3.63, 3.8) is 0 Å². The van der Waals surface area contributed by atoms with Gasteiger partial charge in [0.05, 0.1) is 13.2 Å². The quantitative estimate of drug-likeness (QED) is 0.819. The van der Waals surface area contributed by atoms with Crippen molar-refractivity contribution in [1.29, 1.82) is 0 Å². The number of aryl methyl sites for hydroxylation is 1. The van der Waals surface area contributed by atoms with Gasteiger partial charge in [0.2, 0.25) is 0 Å². The Morgan fingerprint density at radius 3 is 3.38 bits per heavy atom. The Morgan fingerprint density at radius 1 is 1.69 bits per heavy atom. The van der Waals surface area contributed by atoms with Gasteiger partial charge in [0.1, 0.15) is 0 Å². The van der Waals surface area contributed by atoms with Crippen LogP contribution >= 0.6 is 11.3 Å². The van der Waals surface area contributed by atoms with E-state index in [9.17, 15) is 4.79 Å². The molecule has 1 heterocycles. The third kappa shape index (κ3) is 2.62. The monoisotopic (exact) mass is 239 g/mol. The molecule has 1 aliphatic carbocycles.